The van der Waals surface area contributed by atoms with Crippen molar-refractivity contribution in [1.29, 1.82) is 0 Å². The van der Waals surface area contributed by atoms with Gasteiger partial charge in [-0.25, -0.2) is 47.8 Å². The van der Waals surface area contributed by atoms with Crippen LogP contribution < -0.4 is 22.8 Å². The molecule has 15 heteroatoms. The summed E-state index contributed by atoms with van der Waals surface area (Å²) in [5.41, 5.74) is 31.0. The number of hydrogen-bond acceptors (Lipinski definition) is 10. The molecule has 612 valence electrons. The van der Waals surface area contributed by atoms with Crippen molar-refractivity contribution in [3.05, 3.63) is 300 Å². The first kappa shape index (κ1) is 82.3. The van der Waals surface area contributed by atoms with Crippen molar-refractivity contribution in [2.45, 2.75) is 135 Å². The van der Waals surface area contributed by atoms with Gasteiger partial charge in [0.15, 0.2) is 58.9 Å². The maximum absolute atomic E-state index is 6.30. The summed E-state index contributed by atoms with van der Waals surface area (Å²) in [5.74, 6) is 0.964. The Bertz CT molecular complexity index is 7400. The van der Waals surface area contributed by atoms with Crippen molar-refractivity contribution < 1.29 is 44.9 Å². The summed E-state index contributed by atoms with van der Waals surface area (Å²) in [4.78, 5) is 23.6. The maximum atomic E-state index is 6.30. The Morgan fingerprint density at radius 3 is 0.877 bits per heavy atom. The van der Waals surface area contributed by atoms with Crippen LogP contribution in [0.3, 0.4) is 0 Å². The van der Waals surface area contributed by atoms with Crippen molar-refractivity contribution in [2.24, 2.45) is 46.6 Å². The van der Waals surface area contributed by atoms with Crippen LogP contribution in [0.1, 0.15) is 131 Å². The summed E-state index contributed by atoms with van der Waals surface area (Å²) < 4.78 is 41.9. The molecule has 15 nitrogen and oxygen atoms in total. The lowest BCUT2D eigenvalue weighted by molar-refractivity contribution is -0.660. The third-order valence-electron chi connectivity index (χ3n) is 23.1. The number of benzene rings is 5. The van der Waals surface area contributed by atoms with Gasteiger partial charge in [0.2, 0.25) is 57.0 Å². The Balaban J connectivity index is 0.000000113. The largest absolute Gasteiger partial charge is 0.437 e. The van der Waals surface area contributed by atoms with Crippen LogP contribution in [0.5, 0.6) is 0 Å². The number of hydrogen-bond donors (Lipinski definition) is 0. The summed E-state index contributed by atoms with van der Waals surface area (Å²) in [6, 6.07) is 73.8. The van der Waals surface area contributed by atoms with E-state index in [0.717, 1.165) is 197 Å². The van der Waals surface area contributed by atoms with Crippen molar-refractivity contribution in [3.63, 3.8) is 0 Å². The fourth-order valence-electron chi connectivity index (χ4n) is 16.7. The average Bonchev–Trinajstić information content (AvgIpc) is 1.62. The highest BCUT2D eigenvalue weighted by Crippen LogP contribution is 2.43. The standard InChI is InChI=1S/C23H25N2O.2C22H23N2O.C21H21N2O.C19H17N2O/c1-15-9-11-17-18-12-10-16(14-23(2,3)4)24-22(18)26-21(17)20(15)19-8-6-7-13-25(19)5;1-14-9-10-15-16-11-12-18(22(2,3)4)23-21(16)25-20(15)19(14)17-8-6-7-13-24(17)5;1-14(2)13-16-9-11-18-17-10-8-15(3)20(21(17)25-22(18)23-16)19-7-5-6-12-24(19)4;1-13(2)17-11-10-16-15-9-8-14(3)19(20(15)24-21(16)22-17)18-7-5-6-12-23(18)4;1-12-7-9-14-15-10-8-13(2)20-19(15)22-18(14)17(12)16-6-4-5-11-21(16)3/h6-13H,14H2,1-5H3;6-13H,1-5H3;5-12,14H,13H2,1-4H3;5-13H,1-4H3;4-11H,1-3H3/q5*+1. The van der Waals surface area contributed by atoms with E-state index in [1.165, 1.54) is 27.8 Å². The molecule has 20 aromatic rings. The van der Waals surface area contributed by atoms with Crippen LogP contribution in [0.25, 0.3) is 167 Å². The first-order chi connectivity index (χ1) is 58.4. The summed E-state index contributed by atoms with van der Waals surface area (Å²) in [7, 11) is 10.3. The number of furan rings is 5. The van der Waals surface area contributed by atoms with Crippen molar-refractivity contribution in [3.8, 4) is 56.3 Å². The van der Waals surface area contributed by atoms with Gasteiger partial charge in [-0.05, 0) is 190 Å². The van der Waals surface area contributed by atoms with E-state index in [1.54, 1.807) is 0 Å². The molecule has 0 aliphatic carbocycles. The monoisotopic (exact) mass is 1610 g/mol. The van der Waals surface area contributed by atoms with Gasteiger partial charge in [0.25, 0.3) is 0 Å². The lowest BCUT2D eigenvalue weighted by Crippen LogP contribution is -2.30. The zero-order valence-electron chi connectivity index (χ0n) is 74.2. The molecule has 0 spiro atoms. The molecular formula is C107H109N10O5+5. The summed E-state index contributed by atoms with van der Waals surface area (Å²) in [5, 5.41) is 11.0. The average molecular weight is 1620 g/mol. The maximum Gasteiger partial charge on any atom is 0.227 e. The summed E-state index contributed by atoms with van der Waals surface area (Å²) in [6.45, 7) is 34.5. The summed E-state index contributed by atoms with van der Waals surface area (Å²) in [6.07, 6.45) is 12.2. The van der Waals surface area contributed by atoms with Crippen LogP contribution in [0.4, 0.5) is 0 Å². The Labute approximate surface area is 713 Å². The quantitative estimate of drug-likeness (QED) is 0.128. The number of pyridine rings is 10. The van der Waals surface area contributed by atoms with Crippen LogP contribution in [-0.4, -0.2) is 24.9 Å². The number of rotatable bonds is 9. The van der Waals surface area contributed by atoms with Crippen molar-refractivity contribution >= 4 is 110 Å². The second kappa shape index (κ2) is 33.3. The lowest BCUT2D eigenvalue weighted by Gasteiger charge is -2.16. The van der Waals surface area contributed by atoms with E-state index in [4.69, 9.17) is 42.0 Å². The molecule has 0 atom stereocenters. The molecule has 0 bridgehead atoms. The van der Waals surface area contributed by atoms with Gasteiger partial charge in [-0.1, -0.05) is 130 Å². The molecule has 122 heavy (non-hydrogen) atoms. The fourth-order valence-corrected chi connectivity index (χ4v) is 16.7. The number of aryl methyl sites for hydroxylation is 11. The molecule has 15 aromatic heterocycles. The van der Waals surface area contributed by atoms with Crippen LogP contribution in [-0.2, 0) is 53.5 Å². The minimum Gasteiger partial charge on any atom is -0.437 e. The van der Waals surface area contributed by atoms with Gasteiger partial charge in [-0.3, -0.25) is 0 Å². The van der Waals surface area contributed by atoms with E-state index >= 15 is 0 Å². The zero-order chi connectivity index (χ0) is 85.9. The zero-order valence-corrected chi connectivity index (χ0v) is 74.2. The Hall–Kier alpha value is -13.4. The minimum atomic E-state index is -0.00220. The molecule has 0 saturated heterocycles. The second-order valence-corrected chi connectivity index (χ2v) is 35.7. The van der Waals surface area contributed by atoms with E-state index in [9.17, 15) is 0 Å². The normalized spacial score (nSPS) is 11.9. The molecule has 0 saturated carbocycles. The molecule has 20 rings (SSSR count). The highest BCUT2D eigenvalue weighted by atomic mass is 16.4. The van der Waals surface area contributed by atoms with Gasteiger partial charge in [0.05, 0.1) is 27.8 Å². The first-order valence-corrected chi connectivity index (χ1v) is 42.3. The van der Waals surface area contributed by atoms with E-state index in [2.05, 4.69) is 374 Å². The molecule has 0 unspecified atom stereocenters. The topological polar surface area (TPSA) is 150 Å². The smallest absolute Gasteiger partial charge is 0.227 e. The van der Waals surface area contributed by atoms with Gasteiger partial charge in [-0.2, -0.15) is 0 Å². The number of fused-ring (bicyclic) bond motifs is 15. The van der Waals surface area contributed by atoms with Gasteiger partial charge in [-0.15, -0.1) is 0 Å². The first-order valence-electron chi connectivity index (χ1n) is 42.3. The van der Waals surface area contributed by atoms with E-state index in [0.29, 0.717) is 23.3 Å². The predicted molar refractivity (Wildman–Crippen MR) is 494 cm³/mol. The summed E-state index contributed by atoms with van der Waals surface area (Å²) >= 11 is 0. The Morgan fingerprint density at radius 2 is 0.566 bits per heavy atom. The highest BCUT2D eigenvalue weighted by molar-refractivity contribution is 6.13. The molecule has 5 aromatic carbocycles. The Morgan fingerprint density at radius 1 is 0.287 bits per heavy atom. The Kier molecular flexibility index (Phi) is 22.5. The molecular weight excluding hydrogens is 1510 g/mol. The van der Waals surface area contributed by atoms with E-state index in [1.807, 2.05) is 43.3 Å². The lowest BCUT2D eigenvalue weighted by atomic mass is 9.90. The van der Waals surface area contributed by atoms with Crippen molar-refractivity contribution in [2.75, 3.05) is 0 Å². The van der Waals surface area contributed by atoms with Crippen molar-refractivity contribution in [1.82, 2.24) is 24.9 Å². The van der Waals surface area contributed by atoms with Gasteiger partial charge in [0, 0.05) is 148 Å². The van der Waals surface area contributed by atoms with Crippen LogP contribution >= 0.6 is 0 Å². The van der Waals surface area contributed by atoms with Crippen LogP contribution in [0.2, 0.25) is 0 Å². The minimum absolute atomic E-state index is 0.00220. The SMILES string of the molecule is Cc1ccc2c(n1)oc1c(-c3cccc[n+]3C)c(C)ccc12.Cc1ccc2c(oc3nc(C(C)(C)C)ccc32)c1-c1cccc[n+]1C.Cc1ccc2c(oc3nc(C(C)C)ccc32)c1-c1cccc[n+]1C.Cc1ccc2c(oc3nc(CC(C)(C)C)ccc32)c1-c1cccc[n+]1C.Cc1ccc2c(oc3nc(CC(C)C)ccc32)c1-c1cccc[n+]1C. The molecule has 15 heterocycles. The highest BCUT2D eigenvalue weighted by Gasteiger charge is 2.29. The predicted octanol–water partition coefficient (Wildman–Crippen LogP) is 24.4. The molecule has 0 amide bonds. The second-order valence-electron chi connectivity index (χ2n) is 35.7. The van der Waals surface area contributed by atoms with Gasteiger partial charge in [0.1, 0.15) is 35.2 Å². The molecule has 0 aliphatic heterocycles. The van der Waals surface area contributed by atoms with Gasteiger partial charge >= 0.3 is 0 Å². The number of aromatic nitrogens is 10. The van der Waals surface area contributed by atoms with Gasteiger partial charge < -0.3 is 22.1 Å². The third-order valence-corrected chi connectivity index (χ3v) is 23.1. The number of nitrogens with zero attached hydrogens (tertiary/aromatic N) is 10. The van der Waals surface area contributed by atoms with E-state index < -0.39 is 0 Å². The third kappa shape index (κ3) is 16.2. The molecule has 0 fully saturated rings. The van der Waals surface area contributed by atoms with Crippen LogP contribution in [0, 0.1) is 52.9 Å². The van der Waals surface area contributed by atoms with E-state index in [-0.39, 0.29) is 10.8 Å². The van der Waals surface area contributed by atoms with Crippen LogP contribution in [0.15, 0.2) is 265 Å². The molecule has 0 aliphatic rings. The molecule has 0 radical (unpaired) electrons. The fraction of sp³-hybridized carbons (Fsp3) is 0.252. The molecule has 0 N–H and O–H groups in total.